The zero-order valence-electron chi connectivity index (χ0n) is 14.5. The van der Waals surface area contributed by atoms with E-state index in [9.17, 15) is 14.0 Å². The third kappa shape index (κ3) is 4.98. The van der Waals surface area contributed by atoms with Gasteiger partial charge in [-0.25, -0.2) is 4.39 Å². The summed E-state index contributed by atoms with van der Waals surface area (Å²) < 4.78 is 13.6. The van der Waals surface area contributed by atoms with Gasteiger partial charge in [0.15, 0.2) is 0 Å². The Balaban J connectivity index is 1.60. The van der Waals surface area contributed by atoms with Crippen LogP contribution in [-0.2, 0) is 6.42 Å². The van der Waals surface area contributed by atoms with E-state index in [1.165, 1.54) is 24.4 Å². The van der Waals surface area contributed by atoms with Crippen LogP contribution in [0.1, 0.15) is 26.4 Å². The molecule has 2 aromatic carbocycles. The molecule has 136 valence electrons. The molecule has 0 fully saturated rings. The highest BCUT2D eigenvalue weighted by Gasteiger charge is 2.12. The number of anilines is 1. The number of carbonyl (C=O) groups excluding carboxylic acids is 2. The molecule has 0 saturated carbocycles. The van der Waals surface area contributed by atoms with Crippen molar-refractivity contribution in [2.45, 2.75) is 6.42 Å². The second-order valence-corrected chi connectivity index (χ2v) is 5.85. The minimum atomic E-state index is -0.416. The van der Waals surface area contributed by atoms with E-state index in [1.807, 2.05) is 18.2 Å². The number of aromatic nitrogens is 1. The van der Waals surface area contributed by atoms with E-state index < -0.39 is 5.91 Å². The fourth-order valence-electron chi connectivity index (χ4n) is 2.52. The second-order valence-electron chi connectivity index (χ2n) is 5.85. The van der Waals surface area contributed by atoms with Crippen molar-refractivity contribution in [2.75, 3.05) is 11.9 Å². The standard InChI is InChI=1S/C21H18FN3O2/c22-18-9-5-4-6-15(18)10-13-24-21(27)19-14-16(11-12-23-19)20(26)25-17-7-2-1-3-8-17/h1-9,11-12,14H,10,13H2,(H,24,27)(H,25,26). The molecule has 0 atom stereocenters. The lowest BCUT2D eigenvalue weighted by atomic mass is 10.1. The van der Waals surface area contributed by atoms with Crippen molar-refractivity contribution in [3.8, 4) is 0 Å². The highest BCUT2D eigenvalue weighted by atomic mass is 19.1. The molecule has 2 amide bonds. The normalized spacial score (nSPS) is 10.3. The highest BCUT2D eigenvalue weighted by Crippen LogP contribution is 2.10. The Labute approximate surface area is 156 Å². The largest absolute Gasteiger partial charge is 0.350 e. The van der Waals surface area contributed by atoms with E-state index in [4.69, 9.17) is 0 Å². The van der Waals surface area contributed by atoms with Gasteiger partial charge >= 0.3 is 0 Å². The fraction of sp³-hybridized carbons (Fsp3) is 0.0952. The first-order valence-corrected chi connectivity index (χ1v) is 8.47. The molecule has 2 N–H and O–H groups in total. The monoisotopic (exact) mass is 363 g/mol. The number of nitrogens with zero attached hydrogens (tertiary/aromatic N) is 1. The molecule has 0 aliphatic carbocycles. The number of carbonyl (C=O) groups is 2. The van der Waals surface area contributed by atoms with Crippen LogP contribution in [0.4, 0.5) is 10.1 Å². The predicted molar refractivity (Wildman–Crippen MR) is 101 cm³/mol. The van der Waals surface area contributed by atoms with Crippen LogP contribution in [0.3, 0.4) is 0 Å². The van der Waals surface area contributed by atoms with Crippen LogP contribution in [0.5, 0.6) is 0 Å². The number of hydrogen-bond acceptors (Lipinski definition) is 3. The zero-order chi connectivity index (χ0) is 19.1. The molecular weight excluding hydrogens is 345 g/mol. The number of hydrogen-bond donors (Lipinski definition) is 2. The van der Waals surface area contributed by atoms with Crippen LogP contribution in [0.2, 0.25) is 0 Å². The maximum Gasteiger partial charge on any atom is 0.269 e. The molecule has 1 heterocycles. The Morgan fingerprint density at radius 3 is 2.44 bits per heavy atom. The molecular formula is C21H18FN3O2. The van der Waals surface area contributed by atoms with Crippen LogP contribution in [0, 0.1) is 5.82 Å². The Kier molecular flexibility index (Phi) is 5.89. The minimum absolute atomic E-state index is 0.129. The lowest BCUT2D eigenvalue weighted by molar-refractivity contribution is 0.0949. The maximum atomic E-state index is 13.6. The molecule has 0 unspecified atom stereocenters. The number of halogens is 1. The summed E-state index contributed by atoms with van der Waals surface area (Å²) in [5.41, 5.74) is 1.65. The summed E-state index contributed by atoms with van der Waals surface area (Å²) in [4.78, 5) is 28.6. The Morgan fingerprint density at radius 1 is 0.926 bits per heavy atom. The topological polar surface area (TPSA) is 71.1 Å². The Bertz CT molecular complexity index is 945. The number of pyridine rings is 1. The van der Waals surface area contributed by atoms with Gasteiger partial charge < -0.3 is 10.6 Å². The first-order chi connectivity index (χ1) is 13.1. The SMILES string of the molecule is O=C(Nc1ccccc1)c1ccnc(C(=O)NCCc2ccccc2F)c1. The summed E-state index contributed by atoms with van der Waals surface area (Å²) in [6.45, 7) is 0.266. The van der Waals surface area contributed by atoms with Gasteiger partial charge in [0.25, 0.3) is 11.8 Å². The second kappa shape index (κ2) is 8.71. The zero-order valence-corrected chi connectivity index (χ0v) is 14.5. The molecule has 0 aliphatic rings. The van der Waals surface area contributed by atoms with Gasteiger partial charge in [-0.05, 0) is 42.3 Å². The molecule has 3 aromatic rings. The van der Waals surface area contributed by atoms with Crippen LogP contribution in [0.25, 0.3) is 0 Å². The predicted octanol–water partition coefficient (Wildman–Crippen LogP) is 3.45. The minimum Gasteiger partial charge on any atom is -0.350 e. The summed E-state index contributed by atoms with van der Waals surface area (Å²) in [6, 6.07) is 18.4. The molecule has 0 bridgehead atoms. The average molecular weight is 363 g/mol. The van der Waals surface area contributed by atoms with Crippen molar-refractivity contribution in [2.24, 2.45) is 0 Å². The van der Waals surface area contributed by atoms with Crippen LogP contribution in [-0.4, -0.2) is 23.3 Å². The van der Waals surface area contributed by atoms with Gasteiger partial charge in [0.1, 0.15) is 11.5 Å². The number of rotatable bonds is 6. The summed E-state index contributed by atoms with van der Waals surface area (Å²) in [6.07, 6.45) is 1.78. The van der Waals surface area contributed by atoms with Gasteiger partial charge in [-0.15, -0.1) is 0 Å². The van der Waals surface area contributed by atoms with Gasteiger partial charge in [0.05, 0.1) is 0 Å². The summed E-state index contributed by atoms with van der Waals surface area (Å²) >= 11 is 0. The summed E-state index contributed by atoms with van der Waals surface area (Å²) in [7, 11) is 0. The van der Waals surface area contributed by atoms with E-state index in [-0.39, 0.29) is 24.0 Å². The van der Waals surface area contributed by atoms with E-state index in [1.54, 1.807) is 30.3 Å². The van der Waals surface area contributed by atoms with Gasteiger partial charge in [0, 0.05) is 24.0 Å². The van der Waals surface area contributed by atoms with Crippen LogP contribution < -0.4 is 10.6 Å². The van der Waals surface area contributed by atoms with E-state index in [2.05, 4.69) is 15.6 Å². The summed E-state index contributed by atoms with van der Waals surface area (Å²) in [5.74, 6) is -1.05. The van der Waals surface area contributed by atoms with Crippen LogP contribution in [0.15, 0.2) is 72.9 Å². The van der Waals surface area contributed by atoms with Crippen molar-refractivity contribution < 1.29 is 14.0 Å². The van der Waals surface area contributed by atoms with Crippen molar-refractivity contribution in [3.05, 3.63) is 95.6 Å². The third-order valence-electron chi connectivity index (χ3n) is 3.92. The van der Waals surface area contributed by atoms with Crippen molar-refractivity contribution >= 4 is 17.5 Å². The molecule has 3 rings (SSSR count). The first kappa shape index (κ1) is 18.3. The number of nitrogens with one attached hydrogen (secondary N) is 2. The van der Waals surface area contributed by atoms with Crippen molar-refractivity contribution in [1.29, 1.82) is 0 Å². The number of benzene rings is 2. The van der Waals surface area contributed by atoms with Gasteiger partial charge in [-0.1, -0.05) is 36.4 Å². The van der Waals surface area contributed by atoms with Crippen molar-refractivity contribution in [1.82, 2.24) is 10.3 Å². The number of para-hydroxylation sites is 1. The molecule has 1 aromatic heterocycles. The lowest BCUT2D eigenvalue weighted by Gasteiger charge is -2.08. The van der Waals surface area contributed by atoms with Crippen molar-refractivity contribution in [3.63, 3.8) is 0 Å². The molecule has 5 nitrogen and oxygen atoms in total. The maximum absolute atomic E-state index is 13.6. The molecule has 0 aliphatic heterocycles. The van der Waals surface area contributed by atoms with Crippen LogP contribution >= 0.6 is 0 Å². The summed E-state index contributed by atoms with van der Waals surface area (Å²) in [5, 5.41) is 5.45. The molecule has 0 radical (unpaired) electrons. The molecule has 0 spiro atoms. The Hall–Kier alpha value is -3.54. The van der Waals surface area contributed by atoms with Gasteiger partial charge in [0.2, 0.25) is 0 Å². The molecule has 0 saturated heterocycles. The fourth-order valence-corrected chi connectivity index (χ4v) is 2.52. The van der Waals surface area contributed by atoms with Gasteiger partial charge in [-0.3, -0.25) is 14.6 Å². The van der Waals surface area contributed by atoms with E-state index in [0.717, 1.165) is 0 Å². The smallest absolute Gasteiger partial charge is 0.269 e. The van der Waals surface area contributed by atoms with Gasteiger partial charge in [-0.2, -0.15) is 0 Å². The quantitative estimate of drug-likeness (QED) is 0.705. The average Bonchev–Trinajstić information content (AvgIpc) is 2.70. The van der Waals surface area contributed by atoms with E-state index in [0.29, 0.717) is 23.2 Å². The first-order valence-electron chi connectivity index (χ1n) is 8.47. The molecule has 6 heteroatoms. The van der Waals surface area contributed by atoms with E-state index >= 15 is 0 Å². The molecule has 27 heavy (non-hydrogen) atoms. The lowest BCUT2D eigenvalue weighted by Crippen LogP contribution is -2.27. The Morgan fingerprint density at radius 2 is 1.67 bits per heavy atom. The third-order valence-corrected chi connectivity index (χ3v) is 3.92. The highest BCUT2D eigenvalue weighted by molar-refractivity contribution is 6.05. The number of amides is 2.